The summed E-state index contributed by atoms with van der Waals surface area (Å²) in [5, 5.41) is 13.4. The molecular formula is C38H63N2O6P. The van der Waals surface area contributed by atoms with Crippen LogP contribution in [0.4, 0.5) is 0 Å². The zero-order valence-corrected chi connectivity index (χ0v) is 29.9. The van der Waals surface area contributed by atoms with E-state index < -0.39 is 20.0 Å². The smallest absolute Gasteiger partial charge is 0.387 e. The molecule has 0 aromatic carbocycles. The second-order valence-electron chi connectivity index (χ2n) is 11.0. The Bertz CT molecular complexity index is 1040. The van der Waals surface area contributed by atoms with Crippen LogP contribution >= 0.6 is 7.82 Å². The Labute approximate surface area is 285 Å². The average Bonchev–Trinajstić information content (AvgIpc) is 3.05. The molecule has 0 aliphatic heterocycles. The van der Waals surface area contributed by atoms with E-state index in [9.17, 15) is 19.4 Å². The topological polar surface area (TPSA) is 131 Å². The summed E-state index contributed by atoms with van der Waals surface area (Å²) in [5.74, 6) is -0.257. The quantitative estimate of drug-likeness (QED) is 0.0340. The lowest BCUT2D eigenvalue weighted by Gasteiger charge is -2.23. The molecule has 8 nitrogen and oxygen atoms in total. The Balaban J connectivity index is 4.36. The highest BCUT2D eigenvalue weighted by Gasteiger charge is 2.26. The number of rotatable bonds is 30. The molecule has 3 atom stereocenters. The molecule has 0 saturated heterocycles. The van der Waals surface area contributed by atoms with E-state index in [-0.39, 0.29) is 32.1 Å². The molecule has 0 fully saturated rings. The zero-order chi connectivity index (χ0) is 34.7. The van der Waals surface area contributed by atoms with Gasteiger partial charge in [0, 0.05) is 13.0 Å². The number of phosphoric ester groups is 1. The van der Waals surface area contributed by atoms with Gasteiger partial charge < -0.3 is 21.1 Å². The molecule has 0 saturated carbocycles. The predicted molar refractivity (Wildman–Crippen MR) is 198 cm³/mol. The van der Waals surface area contributed by atoms with Gasteiger partial charge in [-0.25, -0.2) is 4.57 Å². The van der Waals surface area contributed by atoms with Gasteiger partial charge in [-0.2, -0.15) is 0 Å². The van der Waals surface area contributed by atoms with Gasteiger partial charge in [0.1, 0.15) is 0 Å². The molecule has 1 amide bonds. The van der Waals surface area contributed by atoms with E-state index in [0.717, 1.165) is 77.0 Å². The van der Waals surface area contributed by atoms with Crippen molar-refractivity contribution in [1.29, 1.82) is 0 Å². The van der Waals surface area contributed by atoms with Crippen LogP contribution in [-0.4, -0.2) is 47.8 Å². The Morgan fingerprint density at radius 1 is 0.723 bits per heavy atom. The highest BCUT2D eigenvalue weighted by atomic mass is 31.2. The molecule has 5 N–H and O–H groups in total. The van der Waals surface area contributed by atoms with Crippen molar-refractivity contribution in [1.82, 2.24) is 5.32 Å². The fourth-order valence-electron chi connectivity index (χ4n) is 4.04. The minimum atomic E-state index is -4.35. The molecule has 47 heavy (non-hydrogen) atoms. The number of unbranched alkanes of at least 4 members (excludes halogenated alkanes) is 4. The van der Waals surface area contributed by atoms with Crippen molar-refractivity contribution in [2.24, 2.45) is 5.73 Å². The molecule has 0 bridgehead atoms. The van der Waals surface area contributed by atoms with Gasteiger partial charge in [-0.15, -0.1) is 0 Å². The maximum absolute atomic E-state index is 12.6. The third-order valence-corrected chi connectivity index (χ3v) is 7.61. The van der Waals surface area contributed by atoms with Crippen molar-refractivity contribution in [3.8, 4) is 0 Å². The Kier molecular flexibility index (Phi) is 31.5. The monoisotopic (exact) mass is 674 g/mol. The number of aliphatic hydroxyl groups is 1. The minimum Gasteiger partial charge on any atom is -0.387 e. The third kappa shape index (κ3) is 31.8. The summed E-state index contributed by atoms with van der Waals surface area (Å²) in [6.07, 6.45) is 44.8. The van der Waals surface area contributed by atoms with Crippen LogP contribution in [0.1, 0.15) is 104 Å². The number of carbonyl (C=O) groups excluding carboxylic acids is 1. The van der Waals surface area contributed by atoms with Gasteiger partial charge in [-0.3, -0.25) is 13.8 Å². The summed E-state index contributed by atoms with van der Waals surface area (Å²) >= 11 is 0. The zero-order valence-electron chi connectivity index (χ0n) is 29.0. The summed E-state index contributed by atoms with van der Waals surface area (Å²) in [6.45, 7) is 3.80. The van der Waals surface area contributed by atoms with Crippen LogP contribution in [0.5, 0.6) is 0 Å². The van der Waals surface area contributed by atoms with Crippen molar-refractivity contribution >= 4 is 13.7 Å². The second-order valence-corrected chi connectivity index (χ2v) is 12.4. The fraction of sp³-hybridized carbons (Fsp3) is 0.553. The number of aliphatic hydroxyl groups excluding tert-OH is 1. The average molecular weight is 675 g/mol. The van der Waals surface area contributed by atoms with Crippen molar-refractivity contribution in [3.05, 3.63) is 97.2 Å². The summed E-state index contributed by atoms with van der Waals surface area (Å²) in [7, 11) is -4.35. The highest BCUT2D eigenvalue weighted by Crippen LogP contribution is 2.43. The molecule has 0 aliphatic carbocycles. The first-order chi connectivity index (χ1) is 22.9. The van der Waals surface area contributed by atoms with E-state index in [2.05, 4.69) is 104 Å². The molecule has 0 aromatic rings. The van der Waals surface area contributed by atoms with Gasteiger partial charge in [0.15, 0.2) is 0 Å². The number of carbonyl (C=O) groups is 1. The van der Waals surface area contributed by atoms with E-state index in [1.54, 1.807) is 6.08 Å². The Morgan fingerprint density at radius 2 is 1.23 bits per heavy atom. The van der Waals surface area contributed by atoms with Crippen molar-refractivity contribution in [3.63, 3.8) is 0 Å². The maximum atomic E-state index is 12.6. The number of nitrogens with two attached hydrogens (primary N) is 1. The van der Waals surface area contributed by atoms with Gasteiger partial charge in [0.2, 0.25) is 5.91 Å². The highest BCUT2D eigenvalue weighted by molar-refractivity contribution is 7.47. The molecule has 0 spiro atoms. The maximum Gasteiger partial charge on any atom is 0.472 e. The van der Waals surface area contributed by atoms with E-state index >= 15 is 0 Å². The first kappa shape index (κ1) is 44.4. The van der Waals surface area contributed by atoms with E-state index in [0.29, 0.717) is 6.42 Å². The van der Waals surface area contributed by atoms with Gasteiger partial charge in [-0.05, 0) is 77.0 Å². The van der Waals surface area contributed by atoms with E-state index in [4.69, 9.17) is 14.8 Å². The SMILES string of the molecule is CC/C=C\C/C=C\C/C=C\C/C=C\C/C=C\C/C=C\CCCCC(=O)NC(COP(=O)(O)OCCN)C(O)/C=C/CC/C=C/CCC. The first-order valence-electron chi connectivity index (χ1n) is 17.4. The molecule has 0 aliphatic rings. The molecule has 9 heteroatoms. The van der Waals surface area contributed by atoms with Crippen LogP contribution in [0, 0.1) is 0 Å². The van der Waals surface area contributed by atoms with E-state index in [1.165, 1.54) is 0 Å². The first-order valence-corrected chi connectivity index (χ1v) is 18.9. The summed E-state index contributed by atoms with van der Waals surface area (Å²) < 4.78 is 21.8. The van der Waals surface area contributed by atoms with E-state index in [1.807, 2.05) is 6.08 Å². The lowest BCUT2D eigenvalue weighted by molar-refractivity contribution is -0.123. The molecule has 3 unspecified atom stereocenters. The summed E-state index contributed by atoms with van der Waals surface area (Å²) in [5.41, 5.74) is 5.32. The number of allylic oxidation sites excluding steroid dienone is 15. The van der Waals surface area contributed by atoms with Crippen LogP contribution < -0.4 is 11.1 Å². The normalized spacial score (nSPS) is 15.6. The van der Waals surface area contributed by atoms with Gasteiger partial charge in [0.05, 0.1) is 25.4 Å². The summed E-state index contributed by atoms with van der Waals surface area (Å²) in [4.78, 5) is 22.4. The third-order valence-electron chi connectivity index (χ3n) is 6.62. The van der Waals surface area contributed by atoms with Crippen LogP contribution in [0.15, 0.2) is 97.2 Å². The van der Waals surface area contributed by atoms with Crippen molar-refractivity contribution in [2.75, 3.05) is 19.8 Å². The standard InChI is InChI=1S/C38H63N2O6P/c1-3-5-7-9-11-12-13-14-15-16-17-18-19-20-21-22-23-24-26-28-30-32-38(42)40-36(35-46-47(43,44)45-34-33-39)37(41)31-29-27-25-10-8-6-4-2/h5,7-8,10-12,14-15,17-18,20-21,23-24,29,31,36-37,41H,3-4,6,9,13,16,19,22,25-28,30,32-35,39H2,1-2H3,(H,40,42)(H,43,44)/b7-5-,10-8+,12-11-,15-14-,18-17-,21-20-,24-23-,31-29+. The fourth-order valence-corrected chi connectivity index (χ4v) is 4.80. The number of phosphoric acid groups is 1. The molecule has 0 radical (unpaired) electrons. The minimum absolute atomic E-state index is 0.0602. The van der Waals surface area contributed by atoms with Crippen molar-refractivity contribution in [2.45, 2.75) is 116 Å². The molecule has 0 aromatic heterocycles. The lowest BCUT2D eigenvalue weighted by Crippen LogP contribution is -2.45. The number of amides is 1. The molecular weight excluding hydrogens is 611 g/mol. The lowest BCUT2D eigenvalue weighted by atomic mass is 10.1. The second kappa shape index (κ2) is 33.3. The van der Waals surface area contributed by atoms with Crippen LogP contribution in [0.2, 0.25) is 0 Å². The number of hydrogen-bond donors (Lipinski definition) is 4. The Morgan fingerprint density at radius 3 is 1.79 bits per heavy atom. The number of nitrogens with one attached hydrogen (secondary N) is 1. The Hall–Kier alpha value is -2.58. The van der Waals surface area contributed by atoms with Gasteiger partial charge >= 0.3 is 7.82 Å². The largest absolute Gasteiger partial charge is 0.472 e. The number of hydrogen-bond acceptors (Lipinski definition) is 6. The summed E-state index contributed by atoms with van der Waals surface area (Å²) in [6, 6.07) is -0.903. The predicted octanol–water partition coefficient (Wildman–Crippen LogP) is 8.88. The van der Waals surface area contributed by atoms with Crippen LogP contribution in [0.3, 0.4) is 0 Å². The van der Waals surface area contributed by atoms with Crippen LogP contribution in [-0.2, 0) is 18.4 Å². The van der Waals surface area contributed by atoms with Gasteiger partial charge in [-0.1, -0.05) is 117 Å². The molecule has 266 valence electrons. The molecule has 0 rings (SSSR count). The van der Waals surface area contributed by atoms with Crippen LogP contribution in [0.25, 0.3) is 0 Å². The van der Waals surface area contributed by atoms with Gasteiger partial charge in [0.25, 0.3) is 0 Å². The molecule has 0 heterocycles. The van der Waals surface area contributed by atoms with Crippen molar-refractivity contribution < 1.29 is 28.4 Å².